The molecule has 3 rings (SSSR count). The van der Waals surface area contributed by atoms with Crippen molar-refractivity contribution in [3.8, 4) is 0 Å². The average Bonchev–Trinajstić information content (AvgIpc) is 2.83. The van der Waals surface area contributed by atoms with Crippen LogP contribution in [0, 0.1) is 6.92 Å². The molecule has 0 bridgehead atoms. The number of nitrogens with two attached hydrogens (primary N) is 1. The van der Waals surface area contributed by atoms with Gasteiger partial charge in [-0.1, -0.05) is 0 Å². The summed E-state index contributed by atoms with van der Waals surface area (Å²) in [6.07, 6.45) is 1.84. The van der Waals surface area contributed by atoms with Gasteiger partial charge in [-0.3, -0.25) is 4.79 Å². The molecule has 0 fully saturated rings. The van der Waals surface area contributed by atoms with Gasteiger partial charge in [-0.2, -0.15) is 0 Å². The predicted octanol–water partition coefficient (Wildman–Crippen LogP) is 2.08. The number of rotatable bonds is 2. The lowest BCUT2D eigenvalue weighted by Gasteiger charge is -2.03. The number of nitrogen functional groups attached to an aromatic ring is 1. The predicted molar refractivity (Wildman–Crippen MR) is 72.9 cm³/mol. The molecular weight excluding hydrogens is 240 g/mol. The van der Waals surface area contributed by atoms with Crippen LogP contribution in [0.3, 0.4) is 0 Å². The Bertz CT molecular complexity index is 756. The number of nitrogens with zero attached hydrogens (tertiary/aromatic N) is 2. The van der Waals surface area contributed by atoms with E-state index in [9.17, 15) is 4.79 Å². The fraction of sp³-hybridized carbons (Fsp3) is 0.0714. The Labute approximate surface area is 109 Å². The van der Waals surface area contributed by atoms with Gasteiger partial charge in [0.25, 0.3) is 0 Å². The van der Waals surface area contributed by atoms with Gasteiger partial charge in [0, 0.05) is 28.4 Å². The maximum Gasteiger partial charge on any atom is 0.220 e. The molecule has 0 amide bonds. The van der Waals surface area contributed by atoms with Crippen molar-refractivity contribution in [1.82, 2.24) is 15.0 Å². The number of benzene rings is 1. The van der Waals surface area contributed by atoms with Crippen LogP contribution in [-0.2, 0) is 0 Å². The van der Waals surface area contributed by atoms with Gasteiger partial charge >= 0.3 is 0 Å². The number of H-pyrrole nitrogens is 1. The van der Waals surface area contributed by atoms with Crippen molar-refractivity contribution in [3.63, 3.8) is 0 Å². The highest BCUT2D eigenvalue weighted by atomic mass is 16.1. The molecule has 0 saturated carbocycles. The molecule has 3 aromatic rings. The van der Waals surface area contributed by atoms with E-state index in [2.05, 4.69) is 15.0 Å². The van der Waals surface area contributed by atoms with E-state index in [1.165, 1.54) is 0 Å². The smallest absolute Gasteiger partial charge is 0.220 e. The highest BCUT2D eigenvalue weighted by Gasteiger charge is 2.13. The summed E-state index contributed by atoms with van der Waals surface area (Å²) in [5.74, 6) is -0.0358. The highest BCUT2D eigenvalue weighted by Crippen LogP contribution is 2.17. The number of hydrogen-bond acceptors (Lipinski definition) is 4. The van der Waals surface area contributed by atoms with E-state index in [4.69, 9.17) is 5.73 Å². The van der Waals surface area contributed by atoms with Crippen molar-refractivity contribution in [2.75, 3.05) is 5.73 Å². The van der Waals surface area contributed by atoms with Crippen molar-refractivity contribution in [3.05, 3.63) is 53.5 Å². The maximum absolute atomic E-state index is 12.4. The Morgan fingerprint density at radius 1 is 1.21 bits per heavy atom. The summed E-state index contributed by atoms with van der Waals surface area (Å²) in [4.78, 5) is 23.4. The largest absolute Gasteiger partial charge is 0.368 e. The summed E-state index contributed by atoms with van der Waals surface area (Å²) in [5.41, 5.74) is 8.15. The maximum atomic E-state index is 12.4. The zero-order valence-corrected chi connectivity index (χ0v) is 10.3. The molecule has 2 aromatic heterocycles. The van der Waals surface area contributed by atoms with Gasteiger partial charge in [-0.05, 0) is 37.3 Å². The summed E-state index contributed by atoms with van der Waals surface area (Å²) in [6.45, 7) is 1.78. The summed E-state index contributed by atoms with van der Waals surface area (Å²) >= 11 is 0. The van der Waals surface area contributed by atoms with Gasteiger partial charge in [0.05, 0.1) is 0 Å². The van der Waals surface area contributed by atoms with E-state index >= 15 is 0 Å². The first-order valence-electron chi connectivity index (χ1n) is 5.86. The molecule has 0 radical (unpaired) electrons. The lowest BCUT2D eigenvalue weighted by Crippen LogP contribution is -2.08. The fourth-order valence-corrected chi connectivity index (χ4v) is 2.05. The highest BCUT2D eigenvalue weighted by molar-refractivity contribution is 6.09. The molecule has 0 saturated heterocycles. The molecule has 0 unspecified atom stereocenters. The van der Waals surface area contributed by atoms with Crippen LogP contribution in [0.5, 0.6) is 0 Å². The molecule has 0 atom stereocenters. The van der Waals surface area contributed by atoms with E-state index in [0.717, 1.165) is 10.9 Å². The molecule has 19 heavy (non-hydrogen) atoms. The van der Waals surface area contributed by atoms with Gasteiger partial charge in [0.2, 0.25) is 11.7 Å². The van der Waals surface area contributed by atoms with E-state index in [1.54, 1.807) is 19.1 Å². The minimum atomic E-state index is -0.152. The molecule has 0 aliphatic carbocycles. The van der Waals surface area contributed by atoms with Crippen molar-refractivity contribution >= 4 is 22.6 Å². The van der Waals surface area contributed by atoms with Crippen LogP contribution in [-0.4, -0.2) is 20.7 Å². The quantitative estimate of drug-likeness (QED) is 0.684. The number of aryl methyl sites for hydroxylation is 1. The molecule has 5 nitrogen and oxygen atoms in total. The Balaban J connectivity index is 2.07. The number of aromatic nitrogens is 3. The van der Waals surface area contributed by atoms with Crippen LogP contribution < -0.4 is 5.73 Å². The minimum absolute atomic E-state index is 0.117. The standard InChI is InChI=1S/C14H12N4O/c1-8-6-12(18-14(15)17-8)13(19)10-2-3-11-9(7-10)4-5-16-11/h2-7,16H,1H3,(H2,15,17,18). The van der Waals surface area contributed by atoms with Gasteiger partial charge in [0.1, 0.15) is 5.69 Å². The first kappa shape index (κ1) is 11.4. The Kier molecular flexibility index (Phi) is 2.52. The summed E-state index contributed by atoms with van der Waals surface area (Å²) in [5, 5.41) is 0.990. The normalized spacial score (nSPS) is 10.8. The molecule has 1 aromatic carbocycles. The summed E-state index contributed by atoms with van der Waals surface area (Å²) in [7, 11) is 0. The van der Waals surface area contributed by atoms with Gasteiger partial charge in [-0.15, -0.1) is 0 Å². The van der Waals surface area contributed by atoms with Crippen LogP contribution in [0.25, 0.3) is 10.9 Å². The number of nitrogens with one attached hydrogen (secondary N) is 1. The van der Waals surface area contributed by atoms with Gasteiger partial charge in [0.15, 0.2) is 0 Å². The van der Waals surface area contributed by atoms with Crippen LogP contribution in [0.4, 0.5) is 5.95 Å². The fourth-order valence-electron chi connectivity index (χ4n) is 2.05. The number of fused-ring (bicyclic) bond motifs is 1. The number of carbonyl (C=O) groups is 1. The molecule has 3 N–H and O–H groups in total. The third-order valence-electron chi connectivity index (χ3n) is 2.92. The third-order valence-corrected chi connectivity index (χ3v) is 2.92. The van der Waals surface area contributed by atoms with Crippen LogP contribution >= 0.6 is 0 Å². The zero-order valence-electron chi connectivity index (χ0n) is 10.3. The Morgan fingerprint density at radius 2 is 2.05 bits per heavy atom. The lowest BCUT2D eigenvalue weighted by atomic mass is 10.1. The second-order valence-electron chi connectivity index (χ2n) is 4.36. The van der Waals surface area contributed by atoms with Crippen LogP contribution in [0.2, 0.25) is 0 Å². The number of carbonyl (C=O) groups excluding carboxylic acids is 1. The summed E-state index contributed by atoms with van der Waals surface area (Å²) < 4.78 is 0. The minimum Gasteiger partial charge on any atom is -0.368 e. The molecule has 0 aliphatic heterocycles. The van der Waals surface area contributed by atoms with Crippen molar-refractivity contribution in [2.24, 2.45) is 0 Å². The van der Waals surface area contributed by atoms with Gasteiger partial charge < -0.3 is 10.7 Å². The van der Waals surface area contributed by atoms with Gasteiger partial charge in [-0.25, -0.2) is 9.97 Å². The number of anilines is 1. The van der Waals surface area contributed by atoms with E-state index in [0.29, 0.717) is 17.0 Å². The zero-order chi connectivity index (χ0) is 13.4. The Morgan fingerprint density at radius 3 is 2.84 bits per heavy atom. The van der Waals surface area contributed by atoms with E-state index in [-0.39, 0.29) is 11.7 Å². The number of ketones is 1. The molecule has 0 spiro atoms. The Hall–Kier alpha value is -2.69. The monoisotopic (exact) mass is 252 g/mol. The second-order valence-corrected chi connectivity index (χ2v) is 4.36. The number of hydrogen-bond donors (Lipinski definition) is 2. The third kappa shape index (κ3) is 2.06. The van der Waals surface area contributed by atoms with E-state index < -0.39 is 0 Å². The first-order chi connectivity index (χ1) is 9.13. The van der Waals surface area contributed by atoms with Crippen molar-refractivity contribution in [2.45, 2.75) is 6.92 Å². The second kappa shape index (κ2) is 4.20. The van der Waals surface area contributed by atoms with Crippen LogP contribution in [0.1, 0.15) is 21.7 Å². The van der Waals surface area contributed by atoms with Crippen molar-refractivity contribution < 1.29 is 4.79 Å². The molecule has 2 heterocycles. The summed E-state index contributed by atoms with van der Waals surface area (Å²) in [6, 6.07) is 9.04. The molecule has 94 valence electrons. The SMILES string of the molecule is Cc1cc(C(=O)c2ccc3[nH]ccc3c2)nc(N)n1. The average molecular weight is 252 g/mol. The number of aromatic amines is 1. The topological polar surface area (TPSA) is 84.7 Å². The van der Waals surface area contributed by atoms with E-state index in [1.807, 2.05) is 24.4 Å². The van der Waals surface area contributed by atoms with Crippen LogP contribution in [0.15, 0.2) is 36.5 Å². The molecular formula is C14H12N4O. The lowest BCUT2D eigenvalue weighted by molar-refractivity contribution is 0.103. The molecule has 0 aliphatic rings. The molecule has 5 heteroatoms. The van der Waals surface area contributed by atoms with Crippen molar-refractivity contribution in [1.29, 1.82) is 0 Å². The first-order valence-corrected chi connectivity index (χ1v) is 5.86.